The topological polar surface area (TPSA) is 12.5 Å². The van der Waals surface area contributed by atoms with Crippen LogP contribution in [0.15, 0.2) is 46.9 Å². The molecule has 0 aliphatic carbocycles. The van der Waals surface area contributed by atoms with E-state index in [-0.39, 0.29) is 6.04 Å². The van der Waals surface area contributed by atoms with E-state index in [2.05, 4.69) is 65.1 Å². The molecule has 1 unspecified atom stereocenters. The Labute approximate surface area is 122 Å². The van der Waals surface area contributed by atoms with E-state index >= 15 is 0 Å². The summed E-state index contributed by atoms with van der Waals surface area (Å²) in [6.45, 7) is 2.80. The van der Waals surface area contributed by atoms with E-state index in [4.69, 9.17) is 4.74 Å². The van der Waals surface area contributed by atoms with E-state index in [0.29, 0.717) is 6.61 Å². The van der Waals surface area contributed by atoms with Crippen molar-refractivity contribution in [1.82, 2.24) is 0 Å². The number of ether oxygens (including phenoxy) is 1. The van der Waals surface area contributed by atoms with Gasteiger partial charge in [0, 0.05) is 11.5 Å². The summed E-state index contributed by atoms with van der Waals surface area (Å²) in [6, 6.07) is 15.1. The fourth-order valence-corrected chi connectivity index (χ4v) is 2.79. The summed E-state index contributed by atoms with van der Waals surface area (Å²) < 4.78 is 6.96. The number of hydrogen-bond donors (Lipinski definition) is 0. The average Bonchev–Trinajstić information content (AvgIpc) is 2.41. The summed E-state index contributed by atoms with van der Waals surface area (Å²) >= 11 is 3.52. The summed E-state index contributed by atoms with van der Waals surface area (Å²) in [5.41, 5.74) is 3.70. The molecular formula is C16H16BrNO. The Bertz CT molecular complexity index is 594. The fraction of sp³-hybridized carbons (Fsp3) is 0.250. The second-order valence-electron chi connectivity index (χ2n) is 4.96. The molecule has 2 nitrogen and oxygen atoms in total. The van der Waals surface area contributed by atoms with Gasteiger partial charge in [-0.1, -0.05) is 45.8 Å². The van der Waals surface area contributed by atoms with Crippen molar-refractivity contribution in [3.8, 4) is 5.75 Å². The van der Waals surface area contributed by atoms with Crippen LogP contribution in [0.5, 0.6) is 5.75 Å². The number of anilines is 1. The van der Waals surface area contributed by atoms with E-state index in [1.54, 1.807) is 0 Å². The van der Waals surface area contributed by atoms with Gasteiger partial charge < -0.3 is 9.64 Å². The van der Waals surface area contributed by atoms with Crippen LogP contribution in [-0.2, 0) is 0 Å². The van der Waals surface area contributed by atoms with Gasteiger partial charge in [0.2, 0.25) is 0 Å². The zero-order valence-electron chi connectivity index (χ0n) is 11.1. The standard InChI is InChI=1S/C16H16BrNO/c1-11-3-5-12(6-4-11)15-10-19-16-8-7-13(17)9-14(16)18(15)2/h3-9,15H,10H2,1-2H3. The zero-order valence-corrected chi connectivity index (χ0v) is 12.6. The molecule has 0 bridgehead atoms. The van der Waals surface area contributed by atoms with Crippen molar-refractivity contribution in [1.29, 1.82) is 0 Å². The molecule has 1 heterocycles. The molecule has 1 aliphatic rings. The maximum absolute atomic E-state index is 5.88. The molecule has 0 spiro atoms. The third kappa shape index (κ3) is 2.35. The molecule has 3 rings (SSSR count). The van der Waals surface area contributed by atoms with Crippen LogP contribution in [0.2, 0.25) is 0 Å². The van der Waals surface area contributed by atoms with Crippen molar-refractivity contribution in [3.63, 3.8) is 0 Å². The fourth-order valence-electron chi connectivity index (χ4n) is 2.45. The Balaban J connectivity index is 1.96. The Morgan fingerprint density at radius 3 is 2.63 bits per heavy atom. The van der Waals surface area contributed by atoms with Crippen molar-refractivity contribution in [3.05, 3.63) is 58.1 Å². The summed E-state index contributed by atoms with van der Waals surface area (Å²) in [7, 11) is 2.12. The minimum Gasteiger partial charge on any atom is -0.489 e. The van der Waals surface area contributed by atoms with Gasteiger partial charge >= 0.3 is 0 Å². The van der Waals surface area contributed by atoms with Gasteiger partial charge in [-0.05, 0) is 30.7 Å². The number of rotatable bonds is 1. The third-order valence-corrected chi connectivity index (χ3v) is 4.12. The molecule has 1 atom stereocenters. The van der Waals surface area contributed by atoms with Crippen LogP contribution < -0.4 is 9.64 Å². The lowest BCUT2D eigenvalue weighted by atomic mass is 10.0. The van der Waals surface area contributed by atoms with E-state index in [9.17, 15) is 0 Å². The van der Waals surface area contributed by atoms with Crippen LogP contribution in [0.1, 0.15) is 17.2 Å². The first kappa shape index (κ1) is 12.5. The molecule has 0 saturated carbocycles. The number of nitrogens with zero attached hydrogens (tertiary/aromatic N) is 1. The number of benzene rings is 2. The SMILES string of the molecule is Cc1ccc(C2COc3ccc(Br)cc3N2C)cc1. The number of fused-ring (bicyclic) bond motifs is 1. The molecule has 0 radical (unpaired) electrons. The van der Waals surface area contributed by atoms with Gasteiger partial charge in [0.25, 0.3) is 0 Å². The molecule has 0 fully saturated rings. The number of likely N-dealkylation sites (N-methyl/N-ethyl adjacent to an activating group) is 1. The average molecular weight is 318 g/mol. The van der Waals surface area contributed by atoms with Crippen molar-refractivity contribution in [2.75, 3.05) is 18.6 Å². The van der Waals surface area contributed by atoms with E-state index in [1.807, 2.05) is 12.1 Å². The van der Waals surface area contributed by atoms with Crippen LogP contribution in [0.25, 0.3) is 0 Å². The van der Waals surface area contributed by atoms with Crippen molar-refractivity contribution < 1.29 is 4.74 Å². The molecule has 0 amide bonds. The highest BCUT2D eigenvalue weighted by Crippen LogP contribution is 2.39. The molecule has 2 aromatic rings. The minimum absolute atomic E-state index is 0.266. The highest BCUT2D eigenvalue weighted by atomic mass is 79.9. The minimum atomic E-state index is 0.266. The van der Waals surface area contributed by atoms with Crippen LogP contribution >= 0.6 is 15.9 Å². The van der Waals surface area contributed by atoms with Crippen molar-refractivity contribution >= 4 is 21.6 Å². The van der Waals surface area contributed by atoms with Crippen LogP contribution in [0, 0.1) is 6.92 Å². The summed E-state index contributed by atoms with van der Waals surface area (Å²) in [6.07, 6.45) is 0. The molecule has 98 valence electrons. The second kappa shape index (κ2) is 4.89. The monoisotopic (exact) mass is 317 g/mol. The molecule has 1 aliphatic heterocycles. The normalized spacial score (nSPS) is 17.8. The van der Waals surface area contributed by atoms with Crippen LogP contribution in [0.3, 0.4) is 0 Å². The van der Waals surface area contributed by atoms with Gasteiger partial charge in [0.15, 0.2) is 0 Å². The third-order valence-electron chi connectivity index (χ3n) is 3.63. The Morgan fingerprint density at radius 1 is 1.16 bits per heavy atom. The van der Waals surface area contributed by atoms with Gasteiger partial charge in [-0.3, -0.25) is 0 Å². The Morgan fingerprint density at radius 2 is 1.89 bits per heavy atom. The molecule has 0 aromatic heterocycles. The molecule has 19 heavy (non-hydrogen) atoms. The van der Waals surface area contributed by atoms with Gasteiger partial charge in [-0.2, -0.15) is 0 Å². The quantitative estimate of drug-likeness (QED) is 0.776. The number of aryl methyl sites for hydroxylation is 1. The van der Waals surface area contributed by atoms with Gasteiger partial charge in [0.05, 0.1) is 11.7 Å². The molecule has 3 heteroatoms. The lowest BCUT2D eigenvalue weighted by Gasteiger charge is -2.36. The predicted molar refractivity (Wildman–Crippen MR) is 82.0 cm³/mol. The zero-order chi connectivity index (χ0) is 13.4. The van der Waals surface area contributed by atoms with Crippen LogP contribution in [0.4, 0.5) is 5.69 Å². The molecular weight excluding hydrogens is 302 g/mol. The molecule has 0 saturated heterocycles. The van der Waals surface area contributed by atoms with Gasteiger partial charge in [-0.25, -0.2) is 0 Å². The Hall–Kier alpha value is -1.48. The predicted octanol–water partition coefficient (Wildman–Crippen LogP) is 4.33. The lowest BCUT2D eigenvalue weighted by Crippen LogP contribution is -2.33. The summed E-state index contributed by atoms with van der Waals surface area (Å²) in [5.74, 6) is 0.953. The van der Waals surface area contributed by atoms with Crippen molar-refractivity contribution in [2.24, 2.45) is 0 Å². The van der Waals surface area contributed by atoms with Crippen LogP contribution in [-0.4, -0.2) is 13.7 Å². The first-order valence-corrected chi connectivity index (χ1v) is 7.16. The van der Waals surface area contributed by atoms with Gasteiger partial charge in [-0.15, -0.1) is 0 Å². The highest BCUT2D eigenvalue weighted by molar-refractivity contribution is 9.10. The van der Waals surface area contributed by atoms with Crippen molar-refractivity contribution in [2.45, 2.75) is 13.0 Å². The summed E-state index contributed by atoms with van der Waals surface area (Å²) in [4.78, 5) is 2.29. The number of hydrogen-bond acceptors (Lipinski definition) is 2. The smallest absolute Gasteiger partial charge is 0.142 e. The largest absolute Gasteiger partial charge is 0.489 e. The first-order valence-electron chi connectivity index (χ1n) is 6.37. The lowest BCUT2D eigenvalue weighted by molar-refractivity contribution is 0.268. The second-order valence-corrected chi connectivity index (χ2v) is 5.88. The van der Waals surface area contributed by atoms with E-state index in [1.165, 1.54) is 11.1 Å². The molecule has 0 N–H and O–H groups in total. The summed E-state index contributed by atoms with van der Waals surface area (Å²) in [5, 5.41) is 0. The highest BCUT2D eigenvalue weighted by Gasteiger charge is 2.26. The number of halogens is 1. The maximum Gasteiger partial charge on any atom is 0.142 e. The Kier molecular flexibility index (Phi) is 3.23. The van der Waals surface area contributed by atoms with E-state index in [0.717, 1.165) is 15.9 Å². The first-order chi connectivity index (χ1) is 9.15. The van der Waals surface area contributed by atoms with E-state index < -0.39 is 0 Å². The maximum atomic E-state index is 5.88. The molecule has 2 aromatic carbocycles. The van der Waals surface area contributed by atoms with Gasteiger partial charge in [0.1, 0.15) is 12.4 Å².